The Bertz CT molecular complexity index is 156. The zero-order valence-corrected chi connectivity index (χ0v) is 8.45. The van der Waals surface area contributed by atoms with Gasteiger partial charge < -0.3 is 4.90 Å². The minimum absolute atomic E-state index is 0.521. The lowest BCUT2D eigenvalue weighted by Gasteiger charge is -2.28. The Kier molecular flexibility index (Phi) is 3.29. The topological polar surface area (TPSA) is 6.48 Å². The van der Waals surface area contributed by atoms with Crippen molar-refractivity contribution in [3.8, 4) is 0 Å². The van der Waals surface area contributed by atoms with Gasteiger partial charge in [-0.25, -0.2) is 0 Å². The second kappa shape index (κ2) is 4.06. The fourth-order valence-corrected chi connectivity index (χ4v) is 1.72. The van der Waals surface area contributed by atoms with Crippen molar-refractivity contribution in [2.24, 2.45) is 0 Å². The van der Waals surface area contributed by atoms with Crippen molar-refractivity contribution >= 4 is 0 Å². The summed E-state index contributed by atoms with van der Waals surface area (Å²) < 4.78 is 0. The van der Waals surface area contributed by atoms with Gasteiger partial charge in [-0.1, -0.05) is 6.08 Å². The van der Waals surface area contributed by atoms with Gasteiger partial charge in [0.15, 0.2) is 0 Å². The van der Waals surface area contributed by atoms with Crippen LogP contribution in [0.5, 0.6) is 0 Å². The molecule has 2 nitrogen and oxygen atoms in total. The van der Waals surface area contributed by atoms with Crippen LogP contribution in [0.3, 0.4) is 0 Å². The first-order chi connectivity index (χ1) is 5.65. The Balaban J connectivity index is 2.63. The molecule has 1 fully saturated rings. The molecule has 1 aliphatic rings. The van der Waals surface area contributed by atoms with Crippen LogP contribution >= 0.6 is 0 Å². The minimum Gasteiger partial charge on any atom is -0.304 e. The molecule has 0 saturated carbocycles. The Hall–Kier alpha value is -0.340. The molecule has 0 aliphatic carbocycles. The molecule has 1 aliphatic heterocycles. The third-order valence-corrected chi connectivity index (χ3v) is 2.92. The van der Waals surface area contributed by atoms with Crippen molar-refractivity contribution in [2.75, 3.05) is 27.2 Å². The lowest BCUT2D eigenvalue weighted by atomic mass is 10.2. The summed E-state index contributed by atoms with van der Waals surface area (Å²) in [6.07, 6.45) is 3.32. The Morgan fingerprint density at radius 2 is 2.08 bits per heavy atom. The first-order valence-corrected chi connectivity index (χ1v) is 4.68. The molecule has 12 heavy (non-hydrogen) atoms. The second-order valence-corrected chi connectivity index (χ2v) is 3.87. The van der Waals surface area contributed by atoms with E-state index in [1.165, 1.54) is 13.0 Å². The number of likely N-dealkylation sites (N-methyl/N-ethyl adjacent to an activating group) is 2. The van der Waals surface area contributed by atoms with Gasteiger partial charge in [0.05, 0.1) is 0 Å². The number of nitrogens with zero attached hydrogens (tertiary/aromatic N) is 2. The summed E-state index contributed by atoms with van der Waals surface area (Å²) in [5, 5.41) is 0. The van der Waals surface area contributed by atoms with E-state index in [-0.39, 0.29) is 0 Å². The van der Waals surface area contributed by atoms with Crippen LogP contribution in [0.25, 0.3) is 0 Å². The molecule has 0 spiro atoms. The first kappa shape index (κ1) is 9.75. The highest BCUT2D eigenvalue weighted by Gasteiger charge is 2.22. The van der Waals surface area contributed by atoms with Crippen LogP contribution in [0, 0.1) is 0 Å². The second-order valence-electron chi connectivity index (χ2n) is 3.87. The van der Waals surface area contributed by atoms with Gasteiger partial charge in [0.25, 0.3) is 0 Å². The van der Waals surface area contributed by atoms with E-state index >= 15 is 0 Å². The molecular weight excluding hydrogens is 148 g/mol. The highest BCUT2D eigenvalue weighted by atomic mass is 15.2. The maximum absolute atomic E-state index is 3.88. The molecule has 0 bridgehead atoms. The van der Waals surface area contributed by atoms with Gasteiger partial charge in [0.2, 0.25) is 0 Å². The van der Waals surface area contributed by atoms with E-state index in [4.69, 9.17) is 0 Å². The van der Waals surface area contributed by atoms with Gasteiger partial charge in [-0.15, -0.1) is 6.58 Å². The standard InChI is InChI=1S/C10H20N2/c1-5-10-8-11(3)7-6-9(2)12(10)4/h5,9-10H,1,6-8H2,2-4H3. The van der Waals surface area contributed by atoms with Crippen LogP contribution in [0.15, 0.2) is 12.7 Å². The van der Waals surface area contributed by atoms with Crippen molar-refractivity contribution in [1.29, 1.82) is 0 Å². The predicted molar refractivity (Wildman–Crippen MR) is 53.3 cm³/mol. The Morgan fingerprint density at radius 1 is 1.42 bits per heavy atom. The maximum atomic E-state index is 3.88. The van der Waals surface area contributed by atoms with Crippen LogP contribution < -0.4 is 0 Å². The van der Waals surface area contributed by atoms with Gasteiger partial charge in [-0.05, 0) is 34.0 Å². The van der Waals surface area contributed by atoms with Crippen molar-refractivity contribution in [1.82, 2.24) is 9.80 Å². The lowest BCUT2D eigenvalue weighted by Crippen LogP contribution is -2.39. The summed E-state index contributed by atoms with van der Waals surface area (Å²) in [5.41, 5.74) is 0. The predicted octanol–water partition coefficient (Wildman–Crippen LogP) is 1.20. The van der Waals surface area contributed by atoms with E-state index in [0.29, 0.717) is 12.1 Å². The zero-order chi connectivity index (χ0) is 9.14. The highest BCUT2D eigenvalue weighted by Crippen LogP contribution is 2.13. The van der Waals surface area contributed by atoms with E-state index in [0.717, 1.165) is 6.54 Å². The third-order valence-electron chi connectivity index (χ3n) is 2.92. The summed E-state index contributed by atoms with van der Waals surface area (Å²) in [4.78, 5) is 4.79. The molecular formula is C10H20N2. The zero-order valence-electron chi connectivity index (χ0n) is 8.45. The summed E-state index contributed by atoms with van der Waals surface area (Å²) in [7, 11) is 4.37. The molecule has 0 amide bonds. The molecule has 0 aromatic heterocycles. The van der Waals surface area contributed by atoms with Crippen LogP contribution in [0.1, 0.15) is 13.3 Å². The van der Waals surface area contributed by atoms with Crippen molar-refractivity contribution in [3.05, 3.63) is 12.7 Å². The normalized spacial score (nSPS) is 34.6. The lowest BCUT2D eigenvalue weighted by molar-refractivity contribution is 0.217. The largest absolute Gasteiger partial charge is 0.304 e. The summed E-state index contributed by atoms with van der Waals surface area (Å²) >= 11 is 0. The molecule has 1 heterocycles. The molecule has 70 valence electrons. The van der Waals surface area contributed by atoms with Crippen LogP contribution in [-0.2, 0) is 0 Å². The van der Waals surface area contributed by atoms with E-state index < -0.39 is 0 Å². The van der Waals surface area contributed by atoms with Crippen LogP contribution in [-0.4, -0.2) is 49.1 Å². The summed E-state index contributed by atoms with van der Waals surface area (Å²) in [6, 6.07) is 1.20. The van der Waals surface area contributed by atoms with Gasteiger partial charge in [0, 0.05) is 18.6 Å². The monoisotopic (exact) mass is 168 g/mol. The third kappa shape index (κ3) is 2.08. The van der Waals surface area contributed by atoms with Crippen LogP contribution in [0.4, 0.5) is 0 Å². The van der Waals surface area contributed by atoms with E-state index in [1.807, 2.05) is 0 Å². The van der Waals surface area contributed by atoms with Crippen molar-refractivity contribution in [3.63, 3.8) is 0 Å². The molecule has 0 N–H and O–H groups in total. The fraction of sp³-hybridized carbons (Fsp3) is 0.800. The summed E-state index contributed by atoms with van der Waals surface area (Å²) in [5.74, 6) is 0. The van der Waals surface area contributed by atoms with Gasteiger partial charge >= 0.3 is 0 Å². The molecule has 1 saturated heterocycles. The van der Waals surface area contributed by atoms with Crippen molar-refractivity contribution < 1.29 is 0 Å². The minimum atomic E-state index is 0.521. The molecule has 2 unspecified atom stereocenters. The molecule has 0 aromatic rings. The Morgan fingerprint density at radius 3 is 2.67 bits per heavy atom. The van der Waals surface area contributed by atoms with E-state index in [2.05, 4.69) is 43.5 Å². The van der Waals surface area contributed by atoms with Crippen LogP contribution in [0.2, 0.25) is 0 Å². The molecule has 2 atom stereocenters. The fourth-order valence-electron chi connectivity index (χ4n) is 1.72. The average Bonchev–Trinajstić information content (AvgIpc) is 2.18. The van der Waals surface area contributed by atoms with E-state index in [1.54, 1.807) is 0 Å². The van der Waals surface area contributed by atoms with Gasteiger partial charge in [0.1, 0.15) is 0 Å². The van der Waals surface area contributed by atoms with Gasteiger partial charge in [-0.2, -0.15) is 0 Å². The van der Waals surface area contributed by atoms with E-state index in [9.17, 15) is 0 Å². The molecule has 0 aromatic carbocycles. The average molecular weight is 168 g/mol. The smallest absolute Gasteiger partial charge is 0.0402 e. The Labute approximate surface area is 75.8 Å². The number of rotatable bonds is 1. The summed E-state index contributed by atoms with van der Waals surface area (Å²) in [6.45, 7) is 8.48. The maximum Gasteiger partial charge on any atom is 0.0402 e. The van der Waals surface area contributed by atoms with Gasteiger partial charge in [-0.3, -0.25) is 4.90 Å². The van der Waals surface area contributed by atoms with Crippen molar-refractivity contribution in [2.45, 2.75) is 25.4 Å². The molecule has 1 rings (SSSR count). The quantitative estimate of drug-likeness (QED) is 0.543. The highest BCUT2D eigenvalue weighted by molar-refractivity contribution is 4.92. The number of hydrogen-bond acceptors (Lipinski definition) is 2. The molecule has 0 radical (unpaired) electrons. The number of hydrogen-bond donors (Lipinski definition) is 0. The first-order valence-electron chi connectivity index (χ1n) is 4.68. The molecule has 2 heteroatoms. The SMILES string of the molecule is C=CC1CN(C)CCC(C)N1C.